The number of nitrogens with zero attached hydrogens (tertiary/aromatic N) is 1. The maximum absolute atomic E-state index is 12.0. The van der Waals surface area contributed by atoms with Crippen LogP contribution in [0.3, 0.4) is 0 Å². The van der Waals surface area contributed by atoms with Gasteiger partial charge in [0, 0.05) is 18.0 Å². The summed E-state index contributed by atoms with van der Waals surface area (Å²) in [7, 11) is 0. The van der Waals surface area contributed by atoms with E-state index in [2.05, 4.69) is 5.32 Å². The number of rotatable bonds is 5. The zero-order valence-electron chi connectivity index (χ0n) is 11.6. The largest absolute Gasteiger partial charge is 0.483 e. The molecule has 5 nitrogen and oxygen atoms in total. The van der Waals surface area contributed by atoms with Crippen LogP contribution in [0.5, 0.6) is 5.75 Å². The SMILES string of the molecule is C[C@H]1CC(=O)c2c(OCC(=O)NCCC#N)ccc(Cl)c21. The first-order valence-electron chi connectivity index (χ1n) is 6.66. The molecular weight excluding hydrogens is 292 g/mol. The molecule has 1 N–H and O–H groups in total. The van der Waals surface area contributed by atoms with Crippen molar-refractivity contribution in [3.8, 4) is 11.8 Å². The summed E-state index contributed by atoms with van der Waals surface area (Å²) in [6.07, 6.45) is 0.655. The van der Waals surface area contributed by atoms with Crippen LogP contribution in [0.15, 0.2) is 12.1 Å². The van der Waals surface area contributed by atoms with Crippen LogP contribution in [-0.2, 0) is 4.79 Å². The third kappa shape index (κ3) is 3.34. The molecule has 1 aliphatic carbocycles. The van der Waals surface area contributed by atoms with E-state index in [0.717, 1.165) is 5.56 Å². The lowest BCUT2D eigenvalue weighted by molar-refractivity contribution is -0.123. The van der Waals surface area contributed by atoms with E-state index in [9.17, 15) is 9.59 Å². The van der Waals surface area contributed by atoms with Gasteiger partial charge in [-0.3, -0.25) is 9.59 Å². The quantitative estimate of drug-likeness (QED) is 0.847. The summed E-state index contributed by atoms with van der Waals surface area (Å²) in [5.74, 6) is 0.111. The summed E-state index contributed by atoms with van der Waals surface area (Å²) in [6, 6.07) is 5.22. The molecule has 0 aromatic heterocycles. The summed E-state index contributed by atoms with van der Waals surface area (Å²) < 4.78 is 5.44. The third-order valence-electron chi connectivity index (χ3n) is 3.34. The molecule has 0 bridgehead atoms. The molecular formula is C15H15ClN2O3. The highest BCUT2D eigenvalue weighted by atomic mass is 35.5. The Morgan fingerprint density at radius 2 is 2.33 bits per heavy atom. The van der Waals surface area contributed by atoms with Crippen LogP contribution >= 0.6 is 11.6 Å². The molecule has 0 heterocycles. The summed E-state index contributed by atoms with van der Waals surface area (Å²) in [5.41, 5.74) is 1.28. The van der Waals surface area contributed by atoms with Crippen molar-refractivity contribution in [3.63, 3.8) is 0 Å². The topological polar surface area (TPSA) is 79.2 Å². The van der Waals surface area contributed by atoms with E-state index in [1.54, 1.807) is 12.1 Å². The zero-order valence-corrected chi connectivity index (χ0v) is 12.4. The van der Waals surface area contributed by atoms with E-state index in [1.807, 2.05) is 13.0 Å². The number of hydrogen-bond donors (Lipinski definition) is 1. The summed E-state index contributed by atoms with van der Waals surface area (Å²) >= 11 is 6.13. The van der Waals surface area contributed by atoms with Crippen molar-refractivity contribution in [1.29, 1.82) is 5.26 Å². The summed E-state index contributed by atoms with van der Waals surface area (Å²) in [5, 5.41) is 11.5. The van der Waals surface area contributed by atoms with Gasteiger partial charge in [-0.25, -0.2) is 0 Å². The second-order valence-corrected chi connectivity index (χ2v) is 5.32. The van der Waals surface area contributed by atoms with Gasteiger partial charge in [0.15, 0.2) is 12.4 Å². The van der Waals surface area contributed by atoms with Crippen molar-refractivity contribution in [2.45, 2.75) is 25.7 Å². The highest BCUT2D eigenvalue weighted by Crippen LogP contribution is 2.42. The number of fused-ring (bicyclic) bond motifs is 1. The van der Waals surface area contributed by atoms with E-state index in [1.165, 1.54) is 0 Å². The number of ketones is 1. The van der Waals surface area contributed by atoms with Gasteiger partial charge in [-0.15, -0.1) is 0 Å². The zero-order chi connectivity index (χ0) is 15.4. The predicted octanol–water partition coefficient (Wildman–Crippen LogP) is 2.44. The van der Waals surface area contributed by atoms with Gasteiger partial charge in [-0.1, -0.05) is 18.5 Å². The number of ether oxygens (including phenoxy) is 1. The van der Waals surface area contributed by atoms with Crippen LogP contribution in [-0.4, -0.2) is 24.8 Å². The fourth-order valence-electron chi connectivity index (χ4n) is 2.40. The molecule has 0 spiro atoms. The lowest BCUT2D eigenvalue weighted by Gasteiger charge is -2.12. The van der Waals surface area contributed by atoms with Gasteiger partial charge in [0.25, 0.3) is 5.91 Å². The molecule has 6 heteroatoms. The highest BCUT2D eigenvalue weighted by Gasteiger charge is 2.31. The molecule has 1 aromatic carbocycles. The van der Waals surface area contributed by atoms with Gasteiger partial charge in [-0.05, 0) is 23.6 Å². The second kappa shape index (κ2) is 6.59. The first-order chi connectivity index (χ1) is 10.0. The van der Waals surface area contributed by atoms with Crippen molar-refractivity contribution in [2.75, 3.05) is 13.2 Å². The molecule has 2 rings (SSSR count). The van der Waals surface area contributed by atoms with Crippen molar-refractivity contribution in [1.82, 2.24) is 5.32 Å². The van der Waals surface area contributed by atoms with Crippen molar-refractivity contribution >= 4 is 23.3 Å². The molecule has 1 atom stereocenters. The molecule has 0 saturated heterocycles. The number of carbonyl (C=O) groups is 2. The Kier molecular flexibility index (Phi) is 4.81. The molecule has 1 aliphatic rings. The molecule has 110 valence electrons. The maximum Gasteiger partial charge on any atom is 0.257 e. The Hall–Kier alpha value is -2.06. The fourth-order valence-corrected chi connectivity index (χ4v) is 2.74. The van der Waals surface area contributed by atoms with Crippen molar-refractivity contribution in [2.24, 2.45) is 0 Å². The second-order valence-electron chi connectivity index (χ2n) is 4.91. The summed E-state index contributed by atoms with van der Waals surface area (Å²) in [4.78, 5) is 23.6. The Bertz CT molecular complexity index is 622. The molecule has 1 amide bonds. The number of Topliss-reactive ketones (excluding diaryl/α,β-unsaturated/α-hetero) is 1. The number of benzene rings is 1. The van der Waals surface area contributed by atoms with Gasteiger partial charge < -0.3 is 10.1 Å². The fraction of sp³-hybridized carbons (Fsp3) is 0.400. The Morgan fingerprint density at radius 3 is 3.05 bits per heavy atom. The van der Waals surface area contributed by atoms with Crippen LogP contribution in [0, 0.1) is 11.3 Å². The lowest BCUT2D eigenvalue weighted by Crippen LogP contribution is -2.29. The van der Waals surface area contributed by atoms with Crippen LogP contribution in [0.1, 0.15) is 41.6 Å². The van der Waals surface area contributed by atoms with E-state index in [0.29, 0.717) is 22.8 Å². The molecule has 0 fully saturated rings. The number of nitriles is 1. The van der Waals surface area contributed by atoms with Gasteiger partial charge in [0.2, 0.25) is 0 Å². The van der Waals surface area contributed by atoms with E-state index >= 15 is 0 Å². The minimum Gasteiger partial charge on any atom is -0.483 e. The number of nitrogens with one attached hydrogen (secondary N) is 1. The van der Waals surface area contributed by atoms with E-state index < -0.39 is 0 Å². The average molecular weight is 307 g/mol. The Morgan fingerprint density at radius 1 is 1.57 bits per heavy atom. The maximum atomic E-state index is 12.0. The lowest BCUT2D eigenvalue weighted by atomic mass is 10.0. The van der Waals surface area contributed by atoms with Crippen molar-refractivity contribution in [3.05, 3.63) is 28.3 Å². The van der Waals surface area contributed by atoms with E-state index in [-0.39, 0.29) is 37.2 Å². The molecule has 0 unspecified atom stereocenters. The predicted molar refractivity (Wildman–Crippen MR) is 77.5 cm³/mol. The standard InChI is InChI=1S/C15H15ClN2O3/c1-9-7-11(19)15-12(4-3-10(16)14(9)15)21-8-13(20)18-6-2-5-17/h3-4,9H,2,6-8H2,1H3,(H,18,20)/t9-/m0/s1. The number of amides is 1. The van der Waals surface area contributed by atoms with Gasteiger partial charge in [0.1, 0.15) is 5.75 Å². The molecule has 1 aromatic rings. The molecule has 21 heavy (non-hydrogen) atoms. The monoisotopic (exact) mass is 306 g/mol. The smallest absolute Gasteiger partial charge is 0.257 e. The Balaban J connectivity index is 2.07. The third-order valence-corrected chi connectivity index (χ3v) is 3.66. The normalized spacial score (nSPS) is 16.2. The van der Waals surface area contributed by atoms with Crippen LogP contribution in [0.25, 0.3) is 0 Å². The molecule has 0 aliphatic heterocycles. The van der Waals surface area contributed by atoms with Gasteiger partial charge >= 0.3 is 0 Å². The van der Waals surface area contributed by atoms with Gasteiger partial charge in [-0.2, -0.15) is 5.26 Å². The molecule has 0 radical (unpaired) electrons. The number of carbonyl (C=O) groups excluding carboxylic acids is 2. The average Bonchev–Trinajstić information content (AvgIpc) is 2.75. The minimum absolute atomic E-state index is 0.0140. The van der Waals surface area contributed by atoms with Crippen molar-refractivity contribution < 1.29 is 14.3 Å². The van der Waals surface area contributed by atoms with Crippen LogP contribution in [0.4, 0.5) is 0 Å². The van der Waals surface area contributed by atoms with Crippen LogP contribution in [0.2, 0.25) is 5.02 Å². The van der Waals surface area contributed by atoms with Crippen LogP contribution < -0.4 is 10.1 Å². The number of halogens is 1. The first-order valence-corrected chi connectivity index (χ1v) is 7.04. The Labute approximate surface area is 127 Å². The summed E-state index contributed by atoms with van der Waals surface area (Å²) in [6.45, 7) is 2.03. The number of hydrogen-bond acceptors (Lipinski definition) is 4. The first kappa shape index (κ1) is 15.3. The molecule has 0 saturated carbocycles. The minimum atomic E-state index is -0.326. The highest BCUT2D eigenvalue weighted by molar-refractivity contribution is 6.32. The van der Waals surface area contributed by atoms with Gasteiger partial charge in [0.05, 0.1) is 18.1 Å². The van der Waals surface area contributed by atoms with E-state index in [4.69, 9.17) is 21.6 Å².